The number of aryl methyl sites for hydroxylation is 1. The second-order valence-electron chi connectivity index (χ2n) is 7.58. The number of fused-ring (bicyclic) bond motifs is 2. The second kappa shape index (κ2) is 7.83. The van der Waals surface area contributed by atoms with E-state index in [2.05, 4.69) is 15.0 Å². The number of H-pyrrole nitrogens is 1. The van der Waals surface area contributed by atoms with Gasteiger partial charge in [-0.1, -0.05) is 29.8 Å². The molecule has 4 heterocycles. The molecular formula is C24H16ClFN4O3. The van der Waals surface area contributed by atoms with Gasteiger partial charge < -0.3 is 14.7 Å². The van der Waals surface area contributed by atoms with E-state index in [1.165, 1.54) is 29.8 Å². The summed E-state index contributed by atoms with van der Waals surface area (Å²) >= 11 is 6.43. The SMILES string of the molecule is Cc1nc2c(-c3ccc[nH]c3=O)c(C(=O)O)n(Cc3cc4ccccc4nc3Cl)c2cc1F. The highest BCUT2D eigenvalue weighted by molar-refractivity contribution is 6.30. The van der Waals surface area contributed by atoms with Crippen LogP contribution < -0.4 is 5.56 Å². The van der Waals surface area contributed by atoms with Crippen LogP contribution in [0.15, 0.2) is 59.5 Å². The van der Waals surface area contributed by atoms with E-state index in [0.29, 0.717) is 11.1 Å². The van der Waals surface area contributed by atoms with Crippen molar-refractivity contribution in [2.45, 2.75) is 13.5 Å². The molecule has 0 unspecified atom stereocenters. The molecule has 5 aromatic rings. The van der Waals surface area contributed by atoms with Crippen LogP contribution in [0.4, 0.5) is 4.39 Å². The lowest BCUT2D eigenvalue weighted by Crippen LogP contribution is -2.14. The molecule has 0 radical (unpaired) electrons. The summed E-state index contributed by atoms with van der Waals surface area (Å²) in [5, 5.41) is 11.2. The quantitative estimate of drug-likeness (QED) is 0.374. The van der Waals surface area contributed by atoms with Gasteiger partial charge in [0.2, 0.25) is 0 Å². The van der Waals surface area contributed by atoms with Crippen LogP contribution in [0.25, 0.3) is 33.1 Å². The molecule has 0 fully saturated rings. The summed E-state index contributed by atoms with van der Waals surface area (Å²) in [6.45, 7) is 1.47. The highest BCUT2D eigenvalue weighted by Crippen LogP contribution is 2.35. The first-order valence-corrected chi connectivity index (χ1v) is 10.4. The van der Waals surface area contributed by atoms with E-state index in [9.17, 15) is 19.1 Å². The van der Waals surface area contributed by atoms with E-state index in [-0.39, 0.29) is 45.2 Å². The summed E-state index contributed by atoms with van der Waals surface area (Å²) in [6.07, 6.45) is 1.45. The van der Waals surface area contributed by atoms with E-state index in [0.717, 1.165) is 5.39 Å². The van der Waals surface area contributed by atoms with Gasteiger partial charge in [-0.25, -0.2) is 19.2 Å². The first-order valence-electron chi connectivity index (χ1n) is 10.00. The molecule has 0 bridgehead atoms. The number of hydrogen-bond acceptors (Lipinski definition) is 4. The molecule has 0 spiro atoms. The van der Waals surface area contributed by atoms with Gasteiger partial charge >= 0.3 is 5.97 Å². The molecule has 0 amide bonds. The van der Waals surface area contributed by atoms with Gasteiger partial charge in [0.1, 0.15) is 16.7 Å². The van der Waals surface area contributed by atoms with Gasteiger partial charge in [0, 0.05) is 28.8 Å². The van der Waals surface area contributed by atoms with E-state index < -0.39 is 17.3 Å². The van der Waals surface area contributed by atoms with Gasteiger partial charge in [-0.15, -0.1) is 0 Å². The Balaban J connectivity index is 1.84. The van der Waals surface area contributed by atoms with Crippen LogP contribution in [0.3, 0.4) is 0 Å². The molecule has 1 aromatic carbocycles. The molecule has 0 aliphatic rings. The van der Waals surface area contributed by atoms with Gasteiger partial charge in [-0.05, 0) is 31.2 Å². The van der Waals surface area contributed by atoms with E-state index in [1.807, 2.05) is 30.3 Å². The average molecular weight is 463 g/mol. The maximum absolute atomic E-state index is 14.5. The van der Waals surface area contributed by atoms with Crippen molar-refractivity contribution in [1.82, 2.24) is 19.5 Å². The molecular weight excluding hydrogens is 447 g/mol. The monoisotopic (exact) mass is 462 g/mol. The molecule has 4 aromatic heterocycles. The molecule has 164 valence electrons. The number of carboxylic acid groups (broad SMARTS) is 1. The van der Waals surface area contributed by atoms with Crippen molar-refractivity contribution < 1.29 is 14.3 Å². The molecule has 7 nitrogen and oxygen atoms in total. The van der Waals surface area contributed by atoms with E-state index >= 15 is 0 Å². The predicted octanol–water partition coefficient (Wildman–Crippen LogP) is 4.79. The van der Waals surface area contributed by atoms with Crippen molar-refractivity contribution in [3.05, 3.63) is 93.0 Å². The molecule has 0 saturated carbocycles. The van der Waals surface area contributed by atoms with Gasteiger partial charge in [0.15, 0.2) is 0 Å². The summed E-state index contributed by atoms with van der Waals surface area (Å²) in [5.74, 6) is -1.87. The third-order valence-electron chi connectivity index (χ3n) is 5.53. The lowest BCUT2D eigenvalue weighted by atomic mass is 10.1. The summed E-state index contributed by atoms with van der Waals surface area (Å²) in [6, 6.07) is 13.5. The zero-order valence-corrected chi connectivity index (χ0v) is 18.0. The Kier molecular flexibility index (Phi) is 4.94. The molecule has 0 aliphatic heterocycles. The summed E-state index contributed by atoms with van der Waals surface area (Å²) in [5.41, 5.74) is 1.36. The maximum Gasteiger partial charge on any atom is 0.353 e. The van der Waals surface area contributed by atoms with Gasteiger partial charge in [0.25, 0.3) is 5.56 Å². The molecule has 5 rings (SSSR count). The lowest BCUT2D eigenvalue weighted by molar-refractivity contribution is 0.0687. The largest absolute Gasteiger partial charge is 0.477 e. The minimum absolute atomic E-state index is 0.0102. The van der Waals surface area contributed by atoms with Crippen LogP contribution in [0.2, 0.25) is 5.15 Å². The zero-order chi connectivity index (χ0) is 23.3. The van der Waals surface area contributed by atoms with Crippen molar-refractivity contribution in [1.29, 1.82) is 0 Å². The number of aromatic nitrogens is 4. The topological polar surface area (TPSA) is 101 Å². The normalized spacial score (nSPS) is 11.4. The molecule has 0 aliphatic carbocycles. The van der Waals surface area contributed by atoms with Crippen molar-refractivity contribution >= 4 is 39.5 Å². The number of pyridine rings is 3. The number of rotatable bonds is 4. The van der Waals surface area contributed by atoms with E-state index in [1.54, 1.807) is 6.07 Å². The number of hydrogen-bond donors (Lipinski definition) is 2. The highest BCUT2D eigenvalue weighted by atomic mass is 35.5. The molecule has 0 atom stereocenters. The smallest absolute Gasteiger partial charge is 0.353 e. The number of aromatic carboxylic acids is 1. The Morgan fingerprint density at radius 2 is 1.97 bits per heavy atom. The first-order chi connectivity index (χ1) is 15.8. The number of nitrogens with one attached hydrogen (secondary N) is 1. The second-order valence-corrected chi connectivity index (χ2v) is 7.94. The summed E-state index contributed by atoms with van der Waals surface area (Å²) in [4.78, 5) is 36.3. The van der Waals surface area contributed by atoms with Crippen LogP contribution in [0, 0.1) is 12.7 Å². The van der Waals surface area contributed by atoms with E-state index in [4.69, 9.17) is 11.6 Å². The van der Waals surface area contributed by atoms with Gasteiger partial charge in [-0.2, -0.15) is 0 Å². The van der Waals surface area contributed by atoms with Crippen LogP contribution in [-0.4, -0.2) is 30.6 Å². The zero-order valence-electron chi connectivity index (χ0n) is 17.3. The number of carboxylic acids is 1. The Morgan fingerprint density at radius 1 is 1.18 bits per heavy atom. The minimum atomic E-state index is -1.28. The minimum Gasteiger partial charge on any atom is -0.477 e. The Bertz CT molecular complexity index is 1640. The Morgan fingerprint density at radius 3 is 2.73 bits per heavy atom. The van der Waals surface area contributed by atoms with Crippen LogP contribution in [0.5, 0.6) is 0 Å². The van der Waals surface area contributed by atoms with Gasteiger partial charge in [-0.3, -0.25) is 4.79 Å². The molecule has 2 N–H and O–H groups in total. The first kappa shape index (κ1) is 20.8. The lowest BCUT2D eigenvalue weighted by Gasteiger charge is -2.11. The third kappa shape index (κ3) is 3.44. The standard InChI is InChI=1S/C24H16ClFN4O3/c1-12-16(26)10-18-20(28-12)19(15-6-4-8-27-23(15)31)21(24(32)33)30(18)11-14-9-13-5-2-3-7-17(13)29-22(14)25/h2-10H,11H2,1H3,(H,27,31)(H,32,33). The fraction of sp³-hybridized carbons (Fsp3) is 0.0833. The number of halogens is 2. The van der Waals surface area contributed by atoms with Crippen LogP contribution in [-0.2, 0) is 6.54 Å². The molecule has 9 heteroatoms. The number of carbonyl (C=O) groups is 1. The molecule has 0 saturated heterocycles. The van der Waals surface area contributed by atoms with Crippen LogP contribution in [0.1, 0.15) is 21.7 Å². The summed E-state index contributed by atoms with van der Waals surface area (Å²) in [7, 11) is 0. The highest BCUT2D eigenvalue weighted by Gasteiger charge is 2.27. The number of para-hydroxylation sites is 1. The van der Waals surface area contributed by atoms with Crippen LogP contribution >= 0.6 is 11.6 Å². The summed E-state index contributed by atoms with van der Waals surface area (Å²) < 4.78 is 16.0. The van der Waals surface area contributed by atoms with Crippen molar-refractivity contribution in [2.75, 3.05) is 0 Å². The Labute approximate surface area is 191 Å². The number of benzene rings is 1. The van der Waals surface area contributed by atoms with Crippen molar-refractivity contribution in [3.8, 4) is 11.1 Å². The van der Waals surface area contributed by atoms with Crippen molar-refractivity contribution in [3.63, 3.8) is 0 Å². The fourth-order valence-corrected chi connectivity index (χ4v) is 4.21. The van der Waals surface area contributed by atoms with Crippen molar-refractivity contribution in [2.24, 2.45) is 0 Å². The number of nitrogens with zero attached hydrogens (tertiary/aromatic N) is 3. The molecule has 33 heavy (non-hydrogen) atoms. The average Bonchev–Trinajstić information content (AvgIpc) is 3.08. The maximum atomic E-state index is 14.5. The predicted molar refractivity (Wildman–Crippen MR) is 123 cm³/mol. The van der Waals surface area contributed by atoms with Gasteiger partial charge in [0.05, 0.1) is 34.4 Å². The fourth-order valence-electron chi connectivity index (χ4n) is 4.01. The number of aromatic amines is 1. The Hall–Kier alpha value is -4.04. The third-order valence-corrected chi connectivity index (χ3v) is 5.86.